The molecule has 1 saturated heterocycles. The number of methoxy groups -OCH3 is 1. The number of amides is 1. The highest BCUT2D eigenvalue weighted by Crippen LogP contribution is 2.47. The molecule has 3 atom stereocenters. The minimum absolute atomic E-state index is 0.0145. The fourth-order valence-electron chi connectivity index (χ4n) is 5.17. The number of carbonyl (C=O) groups is 2. The van der Waals surface area contributed by atoms with E-state index in [-0.39, 0.29) is 22.8 Å². The van der Waals surface area contributed by atoms with Crippen LogP contribution in [0.15, 0.2) is 22.8 Å². The van der Waals surface area contributed by atoms with E-state index in [4.69, 9.17) is 9.47 Å². The van der Waals surface area contributed by atoms with Gasteiger partial charge in [-0.2, -0.15) is 0 Å². The first-order chi connectivity index (χ1) is 14.0. The molecule has 3 unspecified atom stereocenters. The Morgan fingerprint density at radius 2 is 1.93 bits per heavy atom. The molecular formula is C24H36BrNO4. The summed E-state index contributed by atoms with van der Waals surface area (Å²) in [4.78, 5) is 26.7. The topological polar surface area (TPSA) is 64.6 Å². The smallest absolute Gasteiger partial charge is 0.311 e. The number of alkyl halides is 1. The number of allylic oxidation sites excluding steroid dienone is 3. The lowest BCUT2D eigenvalue weighted by Crippen LogP contribution is -2.54. The highest BCUT2D eigenvalue weighted by molar-refractivity contribution is 9.09. The van der Waals surface area contributed by atoms with Crippen molar-refractivity contribution < 1.29 is 19.1 Å². The Morgan fingerprint density at radius 1 is 1.30 bits per heavy atom. The normalized spacial score (nSPS) is 34.8. The molecular weight excluding hydrogens is 446 g/mol. The maximum atomic E-state index is 13.4. The molecule has 0 bridgehead atoms. The lowest BCUT2D eigenvalue weighted by molar-refractivity contribution is -0.164. The number of halogens is 1. The Kier molecular flexibility index (Phi) is 6.88. The van der Waals surface area contributed by atoms with Crippen molar-refractivity contribution in [1.29, 1.82) is 0 Å². The van der Waals surface area contributed by atoms with E-state index in [1.165, 1.54) is 11.1 Å². The van der Waals surface area contributed by atoms with Gasteiger partial charge in [-0.25, -0.2) is 0 Å². The van der Waals surface area contributed by atoms with Crippen LogP contribution in [0.1, 0.15) is 73.1 Å². The first kappa shape index (κ1) is 23.5. The monoisotopic (exact) mass is 481 g/mol. The van der Waals surface area contributed by atoms with Gasteiger partial charge in [0.15, 0.2) is 0 Å². The van der Waals surface area contributed by atoms with Crippen LogP contribution in [0, 0.1) is 11.3 Å². The third kappa shape index (κ3) is 4.40. The summed E-state index contributed by atoms with van der Waals surface area (Å²) < 4.78 is 11.8. The highest BCUT2D eigenvalue weighted by atomic mass is 79.9. The summed E-state index contributed by atoms with van der Waals surface area (Å²) in [5.41, 5.74) is 2.32. The number of hydrogen-bond donors (Lipinski definition) is 1. The molecule has 1 saturated carbocycles. The van der Waals surface area contributed by atoms with Crippen LogP contribution in [-0.2, 0) is 19.1 Å². The number of esters is 1. The molecule has 6 heteroatoms. The molecule has 1 N–H and O–H groups in total. The third-order valence-electron chi connectivity index (χ3n) is 6.89. The van der Waals surface area contributed by atoms with E-state index in [2.05, 4.69) is 41.2 Å². The van der Waals surface area contributed by atoms with Crippen molar-refractivity contribution in [2.45, 2.75) is 95.7 Å². The Hall–Kier alpha value is -1.14. The van der Waals surface area contributed by atoms with Crippen LogP contribution in [0.5, 0.6) is 0 Å². The molecule has 3 rings (SSSR count). The predicted octanol–water partition coefficient (Wildman–Crippen LogP) is 4.84. The lowest BCUT2D eigenvalue weighted by atomic mass is 9.72. The van der Waals surface area contributed by atoms with Gasteiger partial charge in [0.2, 0.25) is 5.91 Å². The molecule has 1 heterocycles. The van der Waals surface area contributed by atoms with E-state index in [0.29, 0.717) is 0 Å². The molecule has 0 aromatic carbocycles. The van der Waals surface area contributed by atoms with E-state index >= 15 is 0 Å². The van der Waals surface area contributed by atoms with E-state index in [0.717, 1.165) is 44.1 Å². The van der Waals surface area contributed by atoms with Gasteiger partial charge in [0.25, 0.3) is 0 Å². The molecule has 30 heavy (non-hydrogen) atoms. The zero-order valence-corrected chi connectivity index (χ0v) is 20.7. The molecule has 5 nitrogen and oxygen atoms in total. The average Bonchev–Trinajstić information content (AvgIpc) is 2.92. The van der Waals surface area contributed by atoms with Gasteiger partial charge in [-0.3, -0.25) is 9.59 Å². The first-order valence-corrected chi connectivity index (χ1v) is 12.0. The van der Waals surface area contributed by atoms with Crippen molar-refractivity contribution in [2.75, 3.05) is 7.11 Å². The van der Waals surface area contributed by atoms with Crippen LogP contribution < -0.4 is 5.32 Å². The number of carbonyl (C=O) groups excluding carboxylic acids is 2. The predicted molar refractivity (Wildman–Crippen MR) is 121 cm³/mol. The summed E-state index contributed by atoms with van der Waals surface area (Å²) in [6, 6.07) is 0. The number of nitrogens with one attached hydrogen (secondary N) is 1. The Bertz CT molecular complexity index is 756. The van der Waals surface area contributed by atoms with Gasteiger partial charge in [0.1, 0.15) is 12.0 Å². The van der Waals surface area contributed by atoms with Gasteiger partial charge < -0.3 is 14.8 Å². The van der Waals surface area contributed by atoms with Crippen LogP contribution >= 0.6 is 15.9 Å². The van der Waals surface area contributed by atoms with Crippen molar-refractivity contribution in [1.82, 2.24) is 5.32 Å². The van der Waals surface area contributed by atoms with Crippen molar-refractivity contribution >= 4 is 27.8 Å². The van der Waals surface area contributed by atoms with Gasteiger partial charge in [-0.05, 0) is 77.4 Å². The molecule has 168 valence electrons. The third-order valence-corrected chi connectivity index (χ3v) is 7.48. The largest absolute Gasteiger partial charge is 0.458 e. The van der Waals surface area contributed by atoms with Gasteiger partial charge in [-0.15, -0.1) is 0 Å². The maximum Gasteiger partial charge on any atom is 0.311 e. The van der Waals surface area contributed by atoms with E-state index < -0.39 is 23.0 Å². The quantitative estimate of drug-likeness (QED) is 0.460. The highest BCUT2D eigenvalue weighted by Gasteiger charge is 2.58. The Morgan fingerprint density at radius 3 is 2.47 bits per heavy atom. The molecule has 1 amide bonds. The number of ether oxygens (including phenoxy) is 2. The van der Waals surface area contributed by atoms with Gasteiger partial charge in [0.05, 0.1) is 17.1 Å². The number of rotatable bonds is 4. The van der Waals surface area contributed by atoms with Gasteiger partial charge >= 0.3 is 5.97 Å². The Balaban J connectivity index is 2.02. The maximum absolute atomic E-state index is 13.4. The molecule has 0 radical (unpaired) electrons. The van der Waals surface area contributed by atoms with Gasteiger partial charge in [-0.1, -0.05) is 34.5 Å². The van der Waals surface area contributed by atoms with Gasteiger partial charge in [0, 0.05) is 11.9 Å². The fraction of sp³-hybridized carbons (Fsp3) is 0.750. The second kappa shape index (κ2) is 8.78. The van der Waals surface area contributed by atoms with Crippen molar-refractivity contribution in [2.24, 2.45) is 11.3 Å². The zero-order chi connectivity index (χ0) is 22.3. The Labute approximate surface area is 189 Å². The van der Waals surface area contributed by atoms with Crippen LogP contribution in [0.25, 0.3) is 0 Å². The van der Waals surface area contributed by atoms with Crippen molar-refractivity contribution in [3.05, 3.63) is 22.8 Å². The molecule has 3 aliphatic rings. The van der Waals surface area contributed by atoms with E-state index in [9.17, 15) is 9.59 Å². The zero-order valence-electron chi connectivity index (χ0n) is 19.1. The molecule has 2 aliphatic carbocycles. The summed E-state index contributed by atoms with van der Waals surface area (Å²) in [6.07, 6.45) is 6.84. The molecule has 1 aliphatic heterocycles. The first-order valence-electron chi connectivity index (χ1n) is 11.1. The second-order valence-electron chi connectivity index (χ2n) is 10.1. The summed E-state index contributed by atoms with van der Waals surface area (Å²) in [5.74, 6) is -0.724. The molecule has 0 aromatic heterocycles. The fourth-order valence-corrected chi connectivity index (χ4v) is 5.98. The summed E-state index contributed by atoms with van der Waals surface area (Å²) in [6.45, 7) is 9.81. The standard InChI is InChI=1S/C24H36BrNO4/c1-7-15-13-16(25)12-14(2)18(15)19-20(30-22(28)23(3,4)5)24(26-21(19)27)10-8-17(29-6)9-11-24/h13,16-17,19-20H,7-12H2,1-6H3,(H,26,27). The van der Waals surface area contributed by atoms with Crippen LogP contribution in [-0.4, -0.2) is 41.6 Å². The lowest BCUT2D eigenvalue weighted by Gasteiger charge is -2.42. The second-order valence-corrected chi connectivity index (χ2v) is 11.3. The minimum Gasteiger partial charge on any atom is -0.458 e. The molecule has 1 spiro atoms. The minimum atomic E-state index is -0.624. The van der Waals surface area contributed by atoms with Crippen molar-refractivity contribution in [3.8, 4) is 0 Å². The van der Waals surface area contributed by atoms with Crippen LogP contribution in [0.3, 0.4) is 0 Å². The van der Waals surface area contributed by atoms with Crippen LogP contribution in [0.4, 0.5) is 0 Å². The van der Waals surface area contributed by atoms with Crippen LogP contribution in [0.2, 0.25) is 0 Å². The summed E-state index contributed by atoms with van der Waals surface area (Å²) in [7, 11) is 1.74. The average molecular weight is 482 g/mol. The van der Waals surface area contributed by atoms with E-state index in [1.54, 1.807) is 7.11 Å². The van der Waals surface area contributed by atoms with Crippen molar-refractivity contribution in [3.63, 3.8) is 0 Å². The molecule has 2 fully saturated rings. The molecule has 0 aromatic rings. The van der Waals surface area contributed by atoms with E-state index in [1.807, 2.05) is 20.8 Å². The summed E-state index contributed by atoms with van der Waals surface area (Å²) in [5, 5.41) is 3.30. The SMILES string of the molecule is CCC1=CC(Br)CC(C)=C1C1C(=O)NC2(CCC(OC)CC2)C1OC(=O)C(C)(C)C. The summed E-state index contributed by atoms with van der Waals surface area (Å²) >= 11 is 3.72. The number of hydrogen-bond acceptors (Lipinski definition) is 4.